The molecule has 13 nitrogen and oxygen atoms in total. The molecule has 5 amide bonds. The number of benzene rings is 2. The van der Waals surface area contributed by atoms with Crippen molar-refractivity contribution in [2.75, 3.05) is 44.2 Å². The number of fused-ring (bicyclic) bond motifs is 3. The number of hydrogen-bond donors (Lipinski definition) is 3. The van der Waals surface area contributed by atoms with Crippen LogP contribution in [0, 0.1) is 11.3 Å². The monoisotopic (exact) mass is 852 g/mol. The zero-order valence-electron chi connectivity index (χ0n) is 35.9. The number of alkyl halides is 2. The van der Waals surface area contributed by atoms with E-state index in [0.29, 0.717) is 118 Å². The van der Waals surface area contributed by atoms with Gasteiger partial charge in [-0.1, -0.05) is 25.5 Å². The number of anilines is 1. The lowest BCUT2D eigenvalue weighted by Crippen LogP contribution is -2.49. The molecular weight excluding hydrogens is 795 g/mol. The second-order valence-electron chi connectivity index (χ2n) is 18.1. The quantitative estimate of drug-likeness (QED) is 0.0879. The molecule has 0 spiro atoms. The molecule has 1 saturated heterocycles. The Labute approximate surface area is 362 Å². The maximum atomic E-state index is 14.5. The van der Waals surface area contributed by atoms with Gasteiger partial charge < -0.3 is 25.3 Å². The topological polar surface area (TPSA) is 149 Å². The molecule has 5 aliphatic heterocycles. The predicted octanol–water partition coefficient (Wildman–Crippen LogP) is 5.82. The Morgan fingerprint density at radius 3 is 2.24 bits per heavy atom. The van der Waals surface area contributed by atoms with Crippen molar-refractivity contribution in [2.24, 2.45) is 5.92 Å². The summed E-state index contributed by atoms with van der Waals surface area (Å²) in [6.45, 7) is 10.8. The summed E-state index contributed by atoms with van der Waals surface area (Å²) in [4.78, 5) is 72.6. The van der Waals surface area contributed by atoms with Crippen LogP contribution in [0.15, 0.2) is 47.8 Å². The fourth-order valence-electron chi connectivity index (χ4n) is 9.91. The maximum absolute atomic E-state index is 14.5. The van der Waals surface area contributed by atoms with Crippen LogP contribution in [-0.4, -0.2) is 107 Å². The Morgan fingerprint density at radius 1 is 0.919 bits per heavy atom. The number of rotatable bonds is 15. The molecule has 15 heteroatoms. The molecule has 0 radical (unpaired) electrons. The fourth-order valence-corrected chi connectivity index (χ4v) is 9.91. The molecule has 2 fully saturated rings. The maximum Gasteiger partial charge on any atom is 0.264 e. The molecule has 3 N–H and O–H groups in total. The predicted molar refractivity (Wildman–Crippen MR) is 231 cm³/mol. The van der Waals surface area contributed by atoms with Crippen molar-refractivity contribution in [3.05, 3.63) is 86.8 Å². The van der Waals surface area contributed by atoms with E-state index < -0.39 is 6.43 Å². The van der Waals surface area contributed by atoms with E-state index in [2.05, 4.69) is 17.2 Å². The average Bonchev–Trinajstić information content (AvgIpc) is 3.96. The second-order valence-corrected chi connectivity index (χ2v) is 18.1. The zero-order valence-corrected chi connectivity index (χ0v) is 35.9. The van der Waals surface area contributed by atoms with Gasteiger partial charge in [0.1, 0.15) is 5.84 Å². The van der Waals surface area contributed by atoms with Gasteiger partial charge in [0.2, 0.25) is 18.2 Å². The van der Waals surface area contributed by atoms with Gasteiger partial charge in [-0.15, -0.1) is 0 Å². The average molecular weight is 853 g/mol. The molecule has 5 heterocycles. The highest BCUT2D eigenvalue weighted by Crippen LogP contribution is 2.39. The van der Waals surface area contributed by atoms with Gasteiger partial charge in [-0.2, -0.15) is 0 Å². The molecule has 1 unspecified atom stereocenters. The van der Waals surface area contributed by atoms with Gasteiger partial charge in [0, 0.05) is 92.9 Å². The van der Waals surface area contributed by atoms with Crippen LogP contribution in [-0.2, 0) is 40.3 Å². The first-order valence-corrected chi connectivity index (χ1v) is 22.3. The van der Waals surface area contributed by atoms with E-state index in [9.17, 15) is 38.2 Å². The third kappa shape index (κ3) is 9.04. The minimum Gasteiger partial charge on any atom is -0.385 e. The van der Waals surface area contributed by atoms with Crippen LogP contribution < -0.4 is 15.5 Å². The van der Waals surface area contributed by atoms with Crippen molar-refractivity contribution in [3.8, 4) is 0 Å². The lowest BCUT2D eigenvalue weighted by atomic mass is 9.92. The first-order valence-electron chi connectivity index (χ1n) is 22.3. The fraction of sp³-hybridized carbons (Fsp3) is 0.532. The number of amidine groups is 1. The van der Waals surface area contributed by atoms with Crippen LogP contribution in [0.3, 0.4) is 0 Å². The van der Waals surface area contributed by atoms with E-state index in [4.69, 9.17) is 0 Å². The molecule has 0 aromatic heterocycles. The number of piperidine rings is 1. The highest BCUT2D eigenvalue weighted by atomic mass is 19.3. The van der Waals surface area contributed by atoms with Crippen molar-refractivity contribution < 1.29 is 32.8 Å². The lowest BCUT2D eigenvalue weighted by molar-refractivity contribution is -0.133. The first-order chi connectivity index (χ1) is 29.8. The summed E-state index contributed by atoms with van der Waals surface area (Å²) in [5, 5.41) is 15.8. The second kappa shape index (κ2) is 18.1. The summed E-state index contributed by atoms with van der Waals surface area (Å²) in [5.41, 5.74) is 7.18. The summed E-state index contributed by atoms with van der Waals surface area (Å²) in [5.74, 6) is 0.148. The van der Waals surface area contributed by atoms with E-state index >= 15 is 0 Å². The molecule has 8 rings (SSSR count). The largest absolute Gasteiger partial charge is 0.385 e. The summed E-state index contributed by atoms with van der Waals surface area (Å²) < 4.78 is 28.9. The minimum atomic E-state index is -2.60. The smallest absolute Gasteiger partial charge is 0.264 e. The van der Waals surface area contributed by atoms with Crippen LogP contribution in [0.25, 0.3) is 0 Å². The molecule has 2 aromatic carbocycles. The highest BCUT2D eigenvalue weighted by molar-refractivity contribution is 6.21. The number of likely N-dealkylation sites (tertiary alicyclic amines) is 1. The number of halogens is 2. The Kier molecular flexibility index (Phi) is 12.6. The van der Waals surface area contributed by atoms with E-state index in [1.165, 1.54) is 24.7 Å². The third-order valence-electron chi connectivity index (χ3n) is 13.7. The number of carbonyl (C=O) groups is 5. The van der Waals surface area contributed by atoms with Crippen molar-refractivity contribution in [1.29, 1.82) is 5.41 Å². The zero-order chi connectivity index (χ0) is 43.8. The number of hydrogen-bond acceptors (Lipinski definition) is 8. The number of allylic oxidation sites excluding steroid dienone is 1. The van der Waals surface area contributed by atoms with Gasteiger partial charge in [0.15, 0.2) is 0 Å². The molecule has 6 aliphatic rings. The number of nitrogens with zero attached hydrogens (tertiary/aromatic N) is 5. The van der Waals surface area contributed by atoms with Gasteiger partial charge >= 0.3 is 0 Å². The Hall–Kier alpha value is -5.44. The van der Waals surface area contributed by atoms with Crippen LogP contribution in [0.4, 0.5) is 14.5 Å². The molecule has 0 bridgehead atoms. The SMILES string of the molecule is C=C(CCC(C)N1C(=O)c2cc3c(cc2C1=O)CN(CC(=O)N1CCC(NC2=C(C(=N)N4CCCc5cc(CCC6CC6)c(C(F)F)cc54)CN(C(C)=O)CC2)CC1)C3)NC=O. The van der Waals surface area contributed by atoms with Gasteiger partial charge in [-0.05, 0) is 105 Å². The number of imide groups is 1. The number of nitrogens with one attached hydrogen (secondary N) is 3. The van der Waals surface area contributed by atoms with Crippen molar-refractivity contribution in [2.45, 2.75) is 116 Å². The lowest BCUT2D eigenvalue weighted by Gasteiger charge is -2.39. The van der Waals surface area contributed by atoms with Crippen molar-refractivity contribution >= 4 is 41.6 Å². The van der Waals surface area contributed by atoms with Gasteiger partial charge in [-0.25, -0.2) is 8.78 Å². The molecule has 1 saturated carbocycles. The number of aryl methyl sites for hydroxylation is 2. The Bertz CT molecular complexity index is 2170. The van der Waals surface area contributed by atoms with Gasteiger partial charge in [-0.3, -0.25) is 39.2 Å². The molecule has 2 aromatic rings. The van der Waals surface area contributed by atoms with Gasteiger partial charge in [0.25, 0.3) is 18.2 Å². The summed E-state index contributed by atoms with van der Waals surface area (Å²) in [6.07, 6.45) is 6.32. The Balaban J connectivity index is 0.883. The van der Waals surface area contributed by atoms with E-state index in [1.54, 1.807) is 23.1 Å². The molecule has 1 atom stereocenters. The summed E-state index contributed by atoms with van der Waals surface area (Å²) in [7, 11) is 0. The molecular formula is C47H58F2N8O5. The summed E-state index contributed by atoms with van der Waals surface area (Å²) in [6, 6.07) is 6.85. The summed E-state index contributed by atoms with van der Waals surface area (Å²) >= 11 is 0. The minimum absolute atomic E-state index is 0.0145. The van der Waals surface area contributed by atoms with Crippen LogP contribution in [0.2, 0.25) is 0 Å². The Morgan fingerprint density at radius 2 is 1.61 bits per heavy atom. The normalized spacial score (nSPS) is 19.8. The van der Waals surface area contributed by atoms with E-state index in [1.807, 2.05) is 27.7 Å². The van der Waals surface area contributed by atoms with Crippen LogP contribution >= 0.6 is 0 Å². The van der Waals surface area contributed by atoms with E-state index in [0.717, 1.165) is 47.2 Å². The highest BCUT2D eigenvalue weighted by Gasteiger charge is 2.40. The van der Waals surface area contributed by atoms with E-state index in [-0.39, 0.29) is 60.2 Å². The van der Waals surface area contributed by atoms with Crippen molar-refractivity contribution in [1.82, 2.24) is 30.2 Å². The standard InChI is InChI=1S/C47H58F2N8O5/c1-28(51-27-58)6-7-29(2)57-46(61)38-20-34-23-53(24-35(34)21-39(38)47(57)62)26-43(60)54-16-12-36(13-17-54)52-41-14-18-55(30(3)59)25-40(41)45(50)56-15-4-5-33-19-32(11-10-31-8-9-31)37(44(48)49)22-42(33)56/h19-22,27,29,31,36,44,50,52H,1,4-18,23-26H2,2-3H3,(H,51,58). The van der Waals surface area contributed by atoms with Crippen LogP contribution in [0.5, 0.6) is 0 Å². The number of amides is 5. The molecule has 1 aliphatic carbocycles. The van der Waals surface area contributed by atoms with Crippen molar-refractivity contribution in [3.63, 3.8) is 0 Å². The first kappa shape index (κ1) is 43.2. The molecule has 62 heavy (non-hydrogen) atoms. The molecule has 330 valence electrons. The van der Waals surface area contributed by atoms with Crippen LogP contribution in [0.1, 0.15) is 127 Å². The van der Waals surface area contributed by atoms with Gasteiger partial charge in [0.05, 0.1) is 24.2 Å². The number of carbonyl (C=O) groups excluding carboxylic acids is 5. The third-order valence-corrected chi connectivity index (χ3v) is 13.7.